The van der Waals surface area contributed by atoms with Crippen molar-refractivity contribution in [1.29, 1.82) is 0 Å². The maximum absolute atomic E-state index is 11.8. The molecular weight excluding hydrogens is 270 g/mol. The lowest BCUT2D eigenvalue weighted by atomic mass is 10.2. The van der Waals surface area contributed by atoms with Crippen molar-refractivity contribution in [2.24, 2.45) is 0 Å². The second-order valence-corrected chi connectivity index (χ2v) is 5.92. The first-order chi connectivity index (χ1) is 9.85. The minimum absolute atomic E-state index is 0.200. The van der Waals surface area contributed by atoms with E-state index in [0.717, 1.165) is 11.3 Å². The molecule has 1 amide bonds. The van der Waals surface area contributed by atoms with Gasteiger partial charge in [0.1, 0.15) is 5.60 Å². The molecule has 7 nitrogen and oxygen atoms in total. The van der Waals surface area contributed by atoms with Gasteiger partial charge in [0.2, 0.25) is 0 Å². The number of alkyl carbamates (subject to hydrolysis) is 1. The van der Waals surface area contributed by atoms with E-state index in [1.165, 1.54) is 0 Å². The van der Waals surface area contributed by atoms with E-state index < -0.39 is 11.7 Å². The van der Waals surface area contributed by atoms with Gasteiger partial charge in [-0.05, 0) is 27.7 Å². The van der Waals surface area contributed by atoms with Crippen LogP contribution in [0.2, 0.25) is 0 Å². The highest BCUT2D eigenvalue weighted by atomic mass is 16.6. The predicted molar refractivity (Wildman–Crippen MR) is 77.7 cm³/mol. The quantitative estimate of drug-likeness (QED) is 0.904. The van der Waals surface area contributed by atoms with Crippen molar-refractivity contribution in [2.45, 2.75) is 45.9 Å². The number of hydrogen-bond donors (Lipinski definition) is 2. The molecule has 2 aromatic rings. The average molecular weight is 291 g/mol. The average Bonchev–Trinajstić information content (AvgIpc) is 2.97. The van der Waals surface area contributed by atoms with Gasteiger partial charge >= 0.3 is 6.09 Å². The van der Waals surface area contributed by atoms with E-state index in [4.69, 9.17) is 4.74 Å². The van der Waals surface area contributed by atoms with Gasteiger partial charge in [-0.3, -0.25) is 5.10 Å². The molecule has 1 atom stereocenters. The Hall–Kier alpha value is -2.31. The summed E-state index contributed by atoms with van der Waals surface area (Å²) >= 11 is 0. The normalized spacial score (nSPS) is 13.0. The van der Waals surface area contributed by atoms with Crippen molar-refractivity contribution in [1.82, 2.24) is 25.1 Å². The number of imidazole rings is 1. The Morgan fingerprint density at radius 3 is 2.86 bits per heavy atom. The molecule has 0 fully saturated rings. The summed E-state index contributed by atoms with van der Waals surface area (Å²) in [7, 11) is 0. The van der Waals surface area contributed by atoms with Gasteiger partial charge in [-0.15, -0.1) is 0 Å². The van der Waals surface area contributed by atoms with Crippen LogP contribution in [-0.2, 0) is 11.3 Å². The Labute approximate surface area is 123 Å². The van der Waals surface area contributed by atoms with Crippen LogP contribution >= 0.6 is 0 Å². The highest BCUT2D eigenvalue weighted by Gasteiger charge is 2.19. The molecular formula is C14H21N5O2. The maximum atomic E-state index is 11.8. The molecule has 2 N–H and O–H groups in total. The van der Waals surface area contributed by atoms with Gasteiger partial charge in [0.05, 0.1) is 37.0 Å². The molecule has 0 saturated heterocycles. The van der Waals surface area contributed by atoms with Gasteiger partial charge < -0.3 is 14.6 Å². The topological polar surface area (TPSA) is 84.8 Å². The summed E-state index contributed by atoms with van der Waals surface area (Å²) < 4.78 is 7.22. The zero-order chi connectivity index (χ0) is 15.5. The molecule has 114 valence electrons. The molecule has 0 unspecified atom stereocenters. The number of amides is 1. The van der Waals surface area contributed by atoms with Crippen LogP contribution < -0.4 is 5.32 Å². The van der Waals surface area contributed by atoms with E-state index in [2.05, 4.69) is 20.5 Å². The van der Waals surface area contributed by atoms with Gasteiger partial charge in [0.25, 0.3) is 0 Å². The van der Waals surface area contributed by atoms with E-state index in [9.17, 15) is 4.79 Å². The molecule has 21 heavy (non-hydrogen) atoms. The van der Waals surface area contributed by atoms with E-state index in [1.54, 1.807) is 18.7 Å². The number of rotatable bonds is 4. The number of nitrogens with one attached hydrogen (secondary N) is 2. The first-order valence-electron chi connectivity index (χ1n) is 6.82. The summed E-state index contributed by atoms with van der Waals surface area (Å²) in [5.41, 5.74) is 1.43. The van der Waals surface area contributed by atoms with Gasteiger partial charge in [-0.2, -0.15) is 5.10 Å². The van der Waals surface area contributed by atoms with Crippen LogP contribution in [0.1, 0.15) is 45.0 Å². The van der Waals surface area contributed by atoms with E-state index >= 15 is 0 Å². The third kappa shape index (κ3) is 4.34. The maximum Gasteiger partial charge on any atom is 0.408 e. The summed E-state index contributed by atoms with van der Waals surface area (Å²) in [5, 5.41) is 9.51. The van der Waals surface area contributed by atoms with Crippen LogP contribution in [0.3, 0.4) is 0 Å². The lowest BCUT2D eigenvalue weighted by Crippen LogP contribution is -2.34. The number of H-pyrrole nitrogens is 1. The van der Waals surface area contributed by atoms with Crippen molar-refractivity contribution in [3.05, 3.63) is 36.2 Å². The molecule has 2 heterocycles. The van der Waals surface area contributed by atoms with Crippen LogP contribution in [0.4, 0.5) is 4.79 Å². The molecule has 0 aromatic carbocycles. The van der Waals surface area contributed by atoms with Gasteiger partial charge in [-0.25, -0.2) is 9.78 Å². The Morgan fingerprint density at radius 1 is 1.48 bits per heavy atom. The molecule has 0 spiro atoms. The fourth-order valence-corrected chi connectivity index (χ4v) is 1.94. The standard InChI is InChI=1S/C14H21N5O2/c1-10(18-13(20)21-14(2,3)4)12-7-15-9-19(12)8-11-5-16-17-6-11/h5-7,9-10H,8H2,1-4H3,(H,16,17)(H,18,20)/t10-/m0/s1. The summed E-state index contributed by atoms with van der Waals surface area (Å²) in [6.45, 7) is 8.04. The van der Waals surface area contributed by atoms with Crippen LogP contribution in [0, 0.1) is 0 Å². The molecule has 0 bridgehead atoms. The Kier molecular flexibility index (Phi) is 4.30. The number of hydrogen-bond acceptors (Lipinski definition) is 4. The van der Waals surface area contributed by atoms with Crippen molar-refractivity contribution in [3.8, 4) is 0 Å². The molecule has 2 rings (SSSR count). The first kappa shape index (κ1) is 15.1. The third-order valence-electron chi connectivity index (χ3n) is 2.83. The first-order valence-corrected chi connectivity index (χ1v) is 6.82. The van der Waals surface area contributed by atoms with Crippen LogP contribution in [0.15, 0.2) is 24.9 Å². The molecule has 2 aromatic heterocycles. The van der Waals surface area contributed by atoms with E-state index in [0.29, 0.717) is 6.54 Å². The summed E-state index contributed by atoms with van der Waals surface area (Å²) in [6.07, 6.45) is 6.62. The Bertz CT molecular complexity index is 583. The highest BCUT2D eigenvalue weighted by molar-refractivity contribution is 5.68. The Balaban J connectivity index is 2.01. The summed E-state index contributed by atoms with van der Waals surface area (Å²) in [5.74, 6) is 0. The fraction of sp³-hybridized carbons (Fsp3) is 0.500. The zero-order valence-corrected chi connectivity index (χ0v) is 12.8. The van der Waals surface area contributed by atoms with Gasteiger partial charge in [-0.1, -0.05) is 0 Å². The van der Waals surface area contributed by atoms with Crippen molar-refractivity contribution < 1.29 is 9.53 Å². The smallest absolute Gasteiger partial charge is 0.408 e. The molecule has 0 radical (unpaired) electrons. The van der Waals surface area contributed by atoms with Crippen molar-refractivity contribution in [3.63, 3.8) is 0 Å². The Morgan fingerprint density at radius 2 is 2.24 bits per heavy atom. The number of carbonyl (C=O) groups excluding carboxylic acids is 1. The van der Waals surface area contributed by atoms with Crippen molar-refractivity contribution >= 4 is 6.09 Å². The number of ether oxygens (including phenoxy) is 1. The monoisotopic (exact) mass is 291 g/mol. The minimum Gasteiger partial charge on any atom is -0.444 e. The summed E-state index contributed by atoms with van der Waals surface area (Å²) in [6, 6.07) is -0.200. The lowest BCUT2D eigenvalue weighted by molar-refractivity contribution is 0.0506. The fourth-order valence-electron chi connectivity index (χ4n) is 1.94. The van der Waals surface area contributed by atoms with Crippen LogP contribution in [0.25, 0.3) is 0 Å². The minimum atomic E-state index is -0.513. The molecule has 0 saturated carbocycles. The van der Waals surface area contributed by atoms with Crippen molar-refractivity contribution in [2.75, 3.05) is 0 Å². The molecule has 0 aliphatic carbocycles. The van der Waals surface area contributed by atoms with E-state index in [1.807, 2.05) is 38.5 Å². The van der Waals surface area contributed by atoms with Gasteiger partial charge in [0, 0.05) is 11.8 Å². The third-order valence-corrected chi connectivity index (χ3v) is 2.83. The summed E-state index contributed by atoms with van der Waals surface area (Å²) in [4.78, 5) is 16.0. The molecule has 0 aliphatic rings. The number of carbonyl (C=O) groups is 1. The predicted octanol–water partition coefficient (Wildman–Crippen LogP) is 2.24. The highest BCUT2D eigenvalue weighted by Crippen LogP contribution is 2.15. The second kappa shape index (κ2) is 5.99. The SMILES string of the molecule is C[C@H](NC(=O)OC(C)(C)C)c1cncn1Cc1cn[nH]c1. The van der Waals surface area contributed by atoms with E-state index in [-0.39, 0.29) is 6.04 Å². The van der Waals surface area contributed by atoms with Crippen LogP contribution in [-0.4, -0.2) is 31.4 Å². The lowest BCUT2D eigenvalue weighted by Gasteiger charge is -2.22. The molecule has 7 heteroatoms. The number of nitrogens with zero attached hydrogens (tertiary/aromatic N) is 3. The number of aromatic nitrogens is 4. The largest absolute Gasteiger partial charge is 0.444 e. The molecule has 0 aliphatic heterocycles. The van der Waals surface area contributed by atoms with Crippen LogP contribution in [0.5, 0.6) is 0 Å². The zero-order valence-electron chi connectivity index (χ0n) is 12.8. The second-order valence-electron chi connectivity index (χ2n) is 5.92. The number of aromatic amines is 1. The van der Waals surface area contributed by atoms with Gasteiger partial charge in [0.15, 0.2) is 0 Å².